The Morgan fingerprint density at radius 3 is 2.60 bits per heavy atom. The molecule has 1 heterocycles. The van der Waals surface area contributed by atoms with E-state index in [-0.39, 0.29) is 11.7 Å². The van der Waals surface area contributed by atoms with Crippen LogP contribution >= 0.6 is 15.9 Å². The van der Waals surface area contributed by atoms with Crippen molar-refractivity contribution in [3.8, 4) is 0 Å². The molecule has 0 saturated heterocycles. The fourth-order valence-electron chi connectivity index (χ4n) is 2.98. The van der Waals surface area contributed by atoms with Crippen LogP contribution in [0.1, 0.15) is 24.0 Å². The number of allylic oxidation sites excluding steroid dienone is 2. The molecule has 3 rings (SSSR count). The van der Waals surface area contributed by atoms with Gasteiger partial charge in [-0.15, -0.1) is 0 Å². The summed E-state index contributed by atoms with van der Waals surface area (Å²) >= 11 is 3.53. The second kappa shape index (κ2) is 7.70. The van der Waals surface area contributed by atoms with E-state index in [4.69, 9.17) is 9.47 Å². The molecule has 3 nitrogen and oxygen atoms in total. The van der Waals surface area contributed by atoms with Gasteiger partial charge in [0.05, 0.1) is 7.11 Å². The number of hydrogen-bond acceptors (Lipinski definition) is 3. The minimum absolute atomic E-state index is 0.0250. The van der Waals surface area contributed by atoms with Crippen LogP contribution in [0.15, 0.2) is 76.5 Å². The van der Waals surface area contributed by atoms with Gasteiger partial charge in [0, 0.05) is 10.4 Å². The van der Waals surface area contributed by atoms with Gasteiger partial charge in [-0.1, -0.05) is 58.4 Å². The molecule has 0 bridgehead atoms. The zero-order valence-corrected chi connectivity index (χ0v) is 15.7. The lowest BCUT2D eigenvalue weighted by molar-refractivity contribution is -0.140. The summed E-state index contributed by atoms with van der Waals surface area (Å²) in [7, 11) is 1.36. The monoisotopic (exact) mass is 398 g/mol. The number of hydrogen-bond donors (Lipinski definition) is 0. The van der Waals surface area contributed by atoms with Gasteiger partial charge in [0.2, 0.25) is 5.76 Å². The Morgan fingerprint density at radius 2 is 1.92 bits per heavy atom. The first-order valence-corrected chi connectivity index (χ1v) is 8.83. The van der Waals surface area contributed by atoms with Crippen LogP contribution in [0.4, 0.5) is 0 Å². The van der Waals surface area contributed by atoms with Crippen molar-refractivity contribution < 1.29 is 14.3 Å². The van der Waals surface area contributed by atoms with Crippen molar-refractivity contribution in [1.29, 1.82) is 0 Å². The highest BCUT2D eigenvalue weighted by molar-refractivity contribution is 9.10. The van der Waals surface area contributed by atoms with Crippen molar-refractivity contribution in [1.82, 2.24) is 0 Å². The van der Waals surface area contributed by atoms with E-state index in [0.717, 1.165) is 26.7 Å². The molecule has 0 fully saturated rings. The minimum Gasteiger partial charge on any atom is -0.482 e. The Hall–Kier alpha value is -2.33. The molecule has 25 heavy (non-hydrogen) atoms. The van der Waals surface area contributed by atoms with E-state index >= 15 is 0 Å². The summed E-state index contributed by atoms with van der Waals surface area (Å²) in [4.78, 5) is 11.9. The zero-order chi connectivity index (χ0) is 17.8. The number of carbonyl (C=O) groups is 1. The van der Waals surface area contributed by atoms with Crippen LogP contribution in [-0.4, -0.2) is 19.7 Å². The first kappa shape index (κ1) is 17.5. The van der Waals surface area contributed by atoms with Crippen molar-refractivity contribution in [3.05, 3.63) is 87.6 Å². The summed E-state index contributed by atoms with van der Waals surface area (Å²) in [6, 6.07) is 18.3. The molecule has 0 N–H and O–H groups in total. The quantitative estimate of drug-likeness (QED) is 0.675. The zero-order valence-electron chi connectivity index (χ0n) is 14.2. The molecule has 1 aliphatic heterocycles. The number of methoxy groups -OCH3 is 1. The summed E-state index contributed by atoms with van der Waals surface area (Å²) < 4.78 is 11.5. The van der Waals surface area contributed by atoms with Crippen molar-refractivity contribution in [2.45, 2.75) is 12.8 Å². The third-order valence-corrected chi connectivity index (χ3v) is 4.85. The average Bonchev–Trinajstić information content (AvgIpc) is 2.67. The van der Waals surface area contributed by atoms with Gasteiger partial charge in [0.15, 0.2) is 0 Å². The maximum absolute atomic E-state index is 11.9. The molecule has 2 aromatic carbocycles. The molecule has 1 atom stereocenters. The minimum atomic E-state index is -0.444. The van der Waals surface area contributed by atoms with E-state index < -0.39 is 5.97 Å². The van der Waals surface area contributed by atoms with E-state index in [2.05, 4.69) is 47.1 Å². The smallest absolute Gasteiger partial charge is 0.373 e. The number of ether oxygens (including phenoxy) is 2. The SMILES string of the molecule is COC(=O)C1=C[C@@H](c2ccccc2)/C(=C(\C)c2cccc(Br)c2)CO1. The average molecular weight is 399 g/mol. The Bertz CT molecular complexity index is 837. The molecule has 2 aromatic rings. The molecule has 0 aromatic heterocycles. The summed E-state index contributed by atoms with van der Waals surface area (Å²) in [5.74, 6) is -0.203. The van der Waals surface area contributed by atoms with Gasteiger partial charge in [-0.25, -0.2) is 4.79 Å². The van der Waals surface area contributed by atoms with Crippen molar-refractivity contribution in [2.75, 3.05) is 13.7 Å². The van der Waals surface area contributed by atoms with Crippen molar-refractivity contribution >= 4 is 27.5 Å². The molecule has 0 spiro atoms. The predicted molar refractivity (Wildman–Crippen MR) is 102 cm³/mol. The van der Waals surface area contributed by atoms with Crippen LogP contribution in [0.2, 0.25) is 0 Å². The van der Waals surface area contributed by atoms with Crippen molar-refractivity contribution in [2.24, 2.45) is 0 Å². The molecular formula is C21H19BrO3. The van der Waals surface area contributed by atoms with E-state index in [1.54, 1.807) is 0 Å². The van der Waals surface area contributed by atoms with Crippen molar-refractivity contribution in [3.63, 3.8) is 0 Å². The van der Waals surface area contributed by atoms with Crippen LogP contribution in [0, 0.1) is 0 Å². The topological polar surface area (TPSA) is 35.5 Å². The van der Waals surface area contributed by atoms with Gasteiger partial charge in [0.1, 0.15) is 6.61 Å². The maximum Gasteiger partial charge on any atom is 0.373 e. The second-order valence-corrected chi connectivity index (χ2v) is 6.78. The molecule has 0 aliphatic carbocycles. The molecular weight excluding hydrogens is 380 g/mol. The largest absolute Gasteiger partial charge is 0.482 e. The van der Waals surface area contributed by atoms with Crippen LogP contribution in [0.3, 0.4) is 0 Å². The normalized spacial score (nSPS) is 18.8. The van der Waals surface area contributed by atoms with Gasteiger partial charge < -0.3 is 9.47 Å². The summed E-state index contributed by atoms with van der Waals surface area (Å²) in [6.07, 6.45) is 1.85. The van der Waals surface area contributed by atoms with Gasteiger partial charge in [-0.3, -0.25) is 0 Å². The van der Waals surface area contributed by atoms with Crippen LogP contribution in [0.25, 0.3) is 5.57 Å². The standard InChI is InChI=1S/C21H19BrO3/c1-14(16-9-6-10-17(22)11-16)19-13-25-20(21(23)24-2)12-18(19)15-7-4-3-5-8-15/h3-12,18H,13H2,1-2H3/b19-14+/t18-/m0/s1. The summed E-state index contributed by atoms with van der Waals surface area (Å²) in [6.45, 7) is 2.45. The first-order chi connectivity index (χ1) is 12.1. The Morgan fingerprint density at radius 1 is 1.16 bits per heavy atom. The van der Waals surface area contributed by atoms with Gasteiger partial charge in [-0.2, -0.15) is 0 Å². The summed E-state index contributed by atoms with van der Waals surface area (Å²) in [5.41, 5.74) is 4.53. The van der Waals surface area contributed by atoms with Gasteiger partial charge >= 0.3 is 5.97 Å². The van der Waals surface area contributed by atoms with E-state index in [1.165, 1.54) is 7.11 Å². The number of carbonyl (C=O) groups excluding carboxylic acids is 1. The molecule has 0 amide bonds. The third kappa shape index (κ3) is 3.85. The van der Waals surface area contributed by atoms with Gasteiger partial charge in [0.25, 0.3) is 0 Å². The molecule has 0 radical (unpaired) electrons. The molecule has 0 unspecified atom stereocenters. The van der Waals surface area contributed by atoms with Crippen LogP contribution in [0.5, 0.6) is 0 Å². The molecule has 0 saturated carbocycles. The Labute approximate surface area is 156 Å². The van der Waals surface area contributed by atoms with Crippen LogP contribution in [-0.2, 0) is 14.3 Å². The number of benzene rings is 2. The number of halogens is 1. The molecule has 4 heteroatoms. The van der Waals surface area contributed by atoms with E-state index in [1.807, 2.05) is 36.4 Å². The third-order valence-electron chi connectivity index (χ3n) is 4.36. The lowest BCUT2D eigenvalue weighted by Crippen LogP contribution is -2.20. The Balaban J connectivity index is 2.10. The maximum atomic E-state index is 11.9. The Kier molecular flexibility index (Phi) is 5.39. The first-order valence-electron chi connectivity index (χ1n) is 8.03. The van der Waals surface area contributed by atoms with Gasteiger partial charge in [-0.05, 0) is 47.4 Å². The highest BCUT2D eigenvalue weighted by Crippen LogP contribution is 2.37. The number of rotatable bonds is 3. The molecule has 128 valence electrons. The van der Waals surface area contributed by atoms with E-state index in [0.29, 0.717) is 6.61 Å². The highest BCUT2D eigenvalue weighted by Gasteiger charge is 2.27. The fraction of sp³-hybridized carbons (Fsp3) is 0.190. The highest BCUT2D eigenvalue weighted by atomic mass is 79.9. The second-order valence-electron chi connectivity index (χ2n) is 5.86. The predicted octanol–water partition coefficient (Wildman–Crippen LogP) is 5.09. The summed E-state index contributed by atoms with van der Waals surface area (Å²) in [5, 5.41) is 0. The lowest BCUT2D eigenvalue weighted by atomic mass is 9.85. The number of esters is 1. The van der Waals surface area contributed by atoms with E-state index in [9.17, 15) is 4.79 Å². The fourth-order valence-corrected chi connectivity index (χ4v) is 3.38. The van der Waals surface area contributed by atoms with Crippen LogP contribution < -0.4 is 0 Å². The lowest BCUT2D eigenvalue weighted by Gasteiger charge is -2.27. The molecule has 1 aliphatic rings.